The van der Waals surface area contributed by atoms with E-state index in [1.54, 1.807) is 0 Å². The van der Waals surface area contributed by atoms with Crippen molar-refractivity contribution in [3.05, 3.63) is 35.9 Å². The standard InChI is InChI=1S/C8H12N2/c9-6-8(10)7-4-2-1-3-5-7/h1-5,8H,6,9-10H2/p+2. The van der Waals surface area contributed by atoms with Gasteiger partial charge < -0.3 is 11.5 Å². The molecule has 0 radical (unpaired) electrons. The highest BCUT2D eigenvalue weighted by Crippen LogP contribution is 2.03. The van der Waals surface area contributed by atoms with Crippen molar-refractivity contribution in [2.75, 3.05) is 6.54 Å². The Bertz CT molecular complexity index is 184. The molecule has 6 N–H and O–H groups in total. The van der Waals surface area contributed by atoms with E-state index in [1.165, 1.54) is 5.56 Å². The summed E-state index contributed by atoms with van der Waals surface area (Å²) >= 11 is 0. The topological polar surface area (TPSA) is 55.3 Å². The van der Waals surface area contributed by atoms with Gasteiger partial charge in [-0.15, -0.1) is 0 Å². The molecule has 10 heavy (non-hydrogen) atoms. The van der Waals surface area contributed by atoms with Crippen LogP contribution < -0.4 is 11.5 Å². The lowest BCUT2D eigenvalue weighted by atomic mass is 10.1. The molecule has 54 valence electrons. The van der Waals surface area contributed by atoms with E-state index in [4.69, 9.17) is 0 Å². The van der Waals surface area contributed by atoms with Gasteiger partial charge in [-0.1, -0.05) is 30.3 Å². The van der Waals surface area contributed by atoms with Gasteiger partial charge in [0, 0.05) is 5.56 Å². The normalized spacial score (nSPS) is 13.0. The summed E-state index contributed by atoms with van der Waals surface area (Å²) in [5.74, 6) is 0. The van der Waals surface area contributed by atoms with Crippen molar-refractivity contribution in [3.63, 3.8) is 0 Å². The zero-order chi connectivity index (χ0) is 7.40. The Hall–Kier alpha value is -0.860. The number of hydrogen-bond acceptors (Lipinski definition) is 0. The predicted octanol–water partition coefficient (Wildman–Crippen LogP) is -0.788. The minimum atomic E-state index is 0.348. The van der Waals surface area contributed by atoms with Crippen molar-refractivity contribution in [1.29, 1.82) is 0 Å². The van der Waals surface area contributed by atoms with E-state index >= 15 is 0 Å². The summed E-state index contributed by atoms with van der Waals surface area (Å²) in [7, 11) is 0. The minimum absolute atomic E-state index is 0.348. The van der Waals surface area contributed by atoms with Crippen molar-refractivity contribution in [2.24, 2.45) is 0 Å². The van der Waals surface area contributed by atoms with E-state index in [2.05, 4.69) is 23.6 Å². The largest absolute Gasteiger partial charge is 0.352 e. The number of hydrogen-bond donors (Lipinski definition) is 2. The molecule has 1 unspecified atom stereocenters. The van der Waals surface area contributed by atoms with Crippen LogP contribution in [-0.2, 0) is 0 Å². The summed E-state index contributed by atoms with van der Waals surface area (Å²) in [6.07, 6.45) is 0. The quantitative estimate of drug-likeness (QED) is 0.538. The molecule has 1 atom stereocenters. The smallest absolute Gasteiger partial charge is 0.159 e. The third-order valence-electron chi connectivity index (χ3n) is 1.62. The molecule has 2 heteroatoms. The third-order valence-corrected chi connectivity index (χ3v) is 1.62. The van der Waals surface area contributed by atoms with E-state index in [0.717, 1.165) is 6.54 Å². The lowest BCUT2D eigenvalue weighted by Gasteiger charge is -2.01. The first-order chi connectivity index (χ1) is 4.84. The molecule has 0 aromatic heterocycles. The molecule has 0 bridgehead atoms. The maximum Gasteiger partial charge on any atom is 0.159 e. The molecule has 0 heterocycles. The molecule has 0 amide bonds. The first kappa shape index (κ1) is 7.25. The Labute approximate surface area is 60.8 Å². The lowest BCUT2D eigenvalue weighted by Crippen LogP contribution is -2.66. The zero-order valence-electron chi connectivity index (χ0n) is 6.09. The van der Waals surface area contributed by atoms with Crippen LogP contribution in [-0.4, -0.2) is 6.54 Å². The molecule has 1 rings (SSSR count). The van der Waals surface area contributed by atoms with Crippen molar-refractivity contribution < 1.29 is 11.5 Å². The van der Waals surface area contributed by atoms with Gasteiger partial charge in [-0.05, 0) is 0 Å². The van der Waals surface area contributed by atoms with Crippen molar-refractivity contribution in [1.82, 2.24) is 0 Å². The zero-order valence-corrected chi connectivity index (χ0v) is 6.09. The van der Waals surface area contributed by atoms with Crippen molar-refractivity contribution in [2.45, 2.75) is 6.04 Å². The SMILES string of the molecule is [NH3+]CC([NH3+])c1ccccc1. The van der Waals surface area contributed by atoms with Crippen LogP contribution in [0.25, 0.3) is 0 Å². The van der Waals surface area contributed by atoms with Gasteiger partial charge >= 0.3 is 0 Å². The molecule has 1 aromatic carbocycles. The molecule has 0 aliphatic heterocycles. The van der Waals surface area contributed by atoms with Gasteiger partial charge in [-0.3, -0.25) is 0 Å². The van der Waals surface area contributed by atoms with Gasteiger partial charge in [0.1, 0.15) is 6.54 Å². The molecule has 0 saturated carbocycles. The van der Waals surface area contributed by atoms with Gasteiger partial charge in [0.05, 0.1) is 0 Å². The fraction of sp³-hybridized carbons (Fsp3) is 0.250. The van der Waals surface area contributed by atoms with Crippen LogP contribution in [0.1, 0.15) is 11.6 Å². The van der Waals surface area contributed by atoms with E-state index < -0.39 is 0 Å². The maximum absolute atomic E-state index is 3.96. The van der Waals surface area contributed by atoms with Gasteiger partial charge in [-0.2, -0.15) is 0 Å². The van der Waals surface area contributed by atoms with Crippen molar-refractivity contribution in [3.8, 4) is 0 Å². The molecular weight excluding hydrogens is 124 g/mol. The fourth-order valence-electron chi connectivity index (χ4n) is 0.892. The van der Waals surface area contributed by atoms with Gasteiger partial charge in [0.25, 0.3) is 0 Å². The maximum atomic E-state index is 3.96. The first-order valence-corrected chi connectivity index (χ1v) is 3.52. The van der Waals surface area contributed by atoms with Crippen LogP contribution in [0, 0.1) is 0 Å². The Balaban J connectivity index is 2.75. The summed E-state index contributed by atoms with van der Waals surface area (Å²) in [6.45, 7) is 0.865. The molecule has 2 nitrogen and oxygen atoms in total. The van der Waals surface area contributed by atoms with E-state index in [0.29, 0.717) is 6.04 Å². The molecule has 0 spiro atoms. The second-order valence-electron chi connectivity index (χ2n) is 2.40. The van der Waals surface area contributed by atoms with Gasteiger partial charge in [-0.25, -0.2) is 0 Å². The van der Waals surface area contributed by atoms with Crippen LogP contribution >= 0.6 is 0 Å². The molecular formula is C8H14N2+2. The number of rotatable bonds is 2. The monoisotopic (exact) mass is 138 g/mol. The molecule has 1 aromatic rings. The molecule has 0 saturated heterocycles. The van der Waals surface area contributed by atoms with Crippen molar-refractivity contribution >= 4 is 0 Å². The van der Waals surface area contributed by atoms with Crippen LogP contribution in [0.2, 0.25) is 0 Å². The molecule has 0 aliphatic rings. The van der Waals surface area contributed by atoms with Crippen LogP contribution in [0.15, 0.2) is 30.3 Å². The van der Waals surface area contributed by atoms with E-state index in [1.807, 2.05) is 18.2 Å². The average molecular weight is 138 g/mol. The highest BCUT2D eigenvalue weighted by molar-refractivity contribution is 5.16. The average Bonchev–Trinajstić information content (AvgIpc) is 2.05. The van der Waals surface area contributed by atoms with E-state index in [9.17, 15) is 0 Å². The Kier molecular flexibility index (Phi) is 2.42. The lowest BCUT2D eigenvalue weighted by molar-refractivity contribution is -0.499. The molecule has 0 aliphatic carbocycles. The van der Waals surface area contributed by atoms with Crippen LogP contribution in [0.4, 0.5) is 0 Å². The minimum Gasteiger partial charge on any atom is -0.352 e. The Morgan fingerprint density at radius 2 is 1.80 bits per heavy atom. The summed E-state index contributed by atoms with van der Waals surface area (Å²) in [5.41, 5.74) is 9.04. The molecule has 0 fully saturated rings. The van der Waals surface area contributed by atoms with Gasteiger partial charge in [0.15, 0.2) is 6.04 Å². The second-order valence-corrected chi connectivity index (χ2v) is 2.40. The number of benzene rings is 1. The Morgan fingerprint density at radius 1 is 1.20 bits per heavy atom. The Morgan fingerprint density at radius 3 is 2.30 bits per heavy atom. The van der Waals surface area contributed by atoms with Gasteiger partial charge in [0.2, 0.25) is 0 Å². The van der Waals surface area contributed by atoms with E-state index in [-0.39, 0.29) is 0 Å². The second kappa shape index (κ2) is 3.34. The summed E-state index contributed by atoms with van der Waals surface area (Å²) < 4.78 is 0. The van der Waals surface area contributed by atoms with Crippen LogP contribution in [0.3, 0.4) is 0 Å². The first-order valence-electron chi connectivity index (χ1n) is 3.52. The highest BCUT2D eigenvalue weighted by Gasteiger charge is 2.06. The predicted molar refractivity (Wildman–Crippen MR) is 39.8 cm³/mol. The number of quaternary nitrogens is 2. The van der Waals surface area contributed by atoms with Crippen LogP contribution in [0.5, 0.6) is 0 Å². The summed E-state index contributed by atoms with van der Waals surface area (Å²) in [4.78, 5) is 0. The summed E-state index contributed by atoms with van der Waals surface area (Å²) in [5, 5.41) is 0. The summed E-state index contributed by atoms with van der Waals surface area (Å²) in [6, 6.07) is 10.6. The highest BCUT2D eigenvalue weighted by atomic mass is 14.7. The fourth-order valence-corrected chi connectivity index (χ4v) is 0.892. The third kappa shape index (κ3) is 1.56.